The van der Waals surface area contributed by atoms with Gasteiger partial charge in [0, 0.05) is 0 Å². The number of aromatic nitrogens is 2. The first-order valence-corrected chi connectivity index (χ1v) is 5.09. The Bertz CT molecular complexity index is 589. The van der Waals surface area contributed by atoms with E-state index in [2.05, 4.69) is 9.97 Å². The minimum Gasteiger partial charge on any atom is -0.460 e. The Balaban J connectivity index is 2.54. The highest BCUT2D eigenvalue weighted by molar-refractivity contribution is 6.05. The lowest BCUT2D eigenvalue weighted by Gasteiger charge is -1.95. The monoisotopic (exact) mass is 233 g/mol. The summed E-state index contributed by atoms with van der Waals surface area (Å²) in [6.45, 7) is 1.97. The number of esters is 1. The Labute approximate surface area is 96.8 Å². The molecule has 0 fully saturated rings. The van der Waals surface area contributed by atoms with E-state index in [0.717, 1.165) is 0 Å². The summed E-state index contributed by atoms with van der Waals surface area (Å²) in [5, 5.41) is 0. The van der Waals surface area contributed by atoms with Crippen LogP contribution < -0.4 is 5.73 Å². The van der Waals surface area contributed by atoms with E-state index in [0.29, 0.717) is 11.0 Å². The molecule has 0 bridgehead atoms. The molecule has 6 nitrogen and oxygen atoms in total. The number of imidazole rings is 1. The molecule has 6 heteroatoms. The number of H-pyrrole nitrogens is 1. The van der Waals surface area contributed by atoms with Gasteiger partial charge in [0.1, 0.15) is 5.52 Å². The third-order valence-electron chi connectivity index (χ3n) is 2.25. The van der Waals surface area contributed by atoms with E-state index >= 15 is 0 Å². The van der Waals surface area contributed by atoms with Gasteiger partial charge in [-0.3, -0.25) is 4.79 Å². The molecule has 0 aliphatic carbocycles. The third-order valence-corrected chi connectivity index (χ3v) is 2.25. The van der Waals surface area contributed by atoms with E-state index in [1.54, 1.807) is 25.1 Å². The largest absolute Gasteiger partial charge is 0.460 e. The molecule has 2 rings (SSSR count). The molecule has 0 spiro atoms. The van der Waals surface area contributed by atoms with Crippen LogP contribution in [-0.4, -0.2) is 28.5 Å². The number of benzene rings is 1. The van der Waals surface area contributed by atoms with Crippen LogP contribution in [0.1, 0.15) is 27.9 Å². The summed E-state index contributed by atoms with van der Waals surface area (Å²) in [4.78, 5) is 29.4. The van der Waals surface area contributed by atoms with Crippen molar-refractivity contribution in [2.75, 3.05) is 6.61 Å². The summed E-state index contributed by atoms with van der Waals surface area (Å²) >= 11 is 0. The third kappa shape index (κ3) is 1.96. The summed E-state index contributed by atoms with van der Waals surface area (Å²) in [5.41, 5.74) is 6.44. The number of hydrogen-bond acceptors (Lipinski definition) is 4. The van der Waals surface area contributed by atoms with Crippen molar-refractivity contribution in [1.82, 2.24) is 9.97 Å². The molecular formula is C11H11N3O3. The van der Waals surface area contributed by atoms with Crippen molar-refractivity contribution in [2.45, 2.75) is 6.92 Å². The van der Waals surface area contributed by atoms with Crippen molar-refractivity contribution in [1.29, 1.82) is 0 Å². The first kappa shape index (κ1) is 11.1. The van der Waals surface area contributed by atoms with Gasteiger partial charge in [0.2, 0.25) is 5.82 Å². The van der Waals surface area contributed by atoms with Gasteiger partial charge in [-0.25, -0.2) is 9.78 Å². The number of rotatable bonds is 3. The van der Waals surface area contributed by atoms with Gasteiger partial charge in [-0.05, 0) is 19.1 Å². The van der Waals surface area contributed by atoms with E-state index in [-0.39, 0.29) is 18.0 Å². The Kier molecular flexibility index (Phi) is 2.78. The molecule has 0 saturated heterocycles. The van der Waals surface area contributed by atoms with Gasteiger partial charge >= 0.3 is 5.97 Å². The molecule has 0 aliphatic heterocycles. The van der Waals surface area contributed by atoms with Crippen LogP contribution in [-0.2, 0) is 4.74 Å². The minimum atomic E-state index is -0.586. The average molecular weight is 233 g/mol. The Morgan fingerprint density at radius 2 is 2.24 bits per heavy atom. The van der Waals surface area contributed by atoms with Gasteiger partial charge in [0.05, 0.1) is 17.7 Å². The van der Waals surface area contributed by atoms with Gasteiger partial charge < -0.3 is 15.5 Å². The van der Waals surface area contributed by atoms with Crippen LogP contribution in [0.5, 0.6) is 0 Å². The average Bonchev–Trinajstić information content (AvgIpc) is 2.72. The highest BCUT2D eigenvalue weighted by Crippen LogP contribution is 2.16. The zero-order valence-corrected chi connectivity index (χ0v) is 9.19. The number of primary amides is 1. The second kappa shape index (κ2) is 4.25. The standard InChI is InChI=1S/C11H11N3O3/c1-2-17-11(16)10-13-7-5-3-4-6(9(12)15)8(7)14-10/h3-5H,2H2,1H3,(H2,12,15)(H,13,14). The lowest BCUT2D eigenvalue weighted by atomic mass is 10.2. The van der Waals surface area contributed by atoms with Crippen molar-refractivity contribution < 1.29 is 14.3 Å². The van der Waals surface area contributed by atoms with Crippen molar-refractivity contribution in [2.24, 2.45) is 5.73 Å². The van der Waals surface area contributed by atoms with Crippen molar-refractivity contribution in [3.05, 3.63) is 29.6 Å². The summed E-state index contributed by atoms with van der Waals surface area (Å²) in [7, 11) is 0. The maximum absolute atomic E-state index is 11.5. The van der Waals surface area contributed by atoms with Gasteiger partial charge in [0.15, 0.2) is 0 Å². The predicted molar refractivity (Wildman–Crippen MR) is 60.6 cm³/mol. The predicted octanol–water partition coefficient (Wildman–Crippen LogP) is 0.839. The van der Waals surface area contributed by atoms with Crippen molar-refractivity contribution in [3.63, 3.8) is 0 Å². The molecule has 0 radical (unpaired) electrons. The molecule has 1 aromatic carbocycles. The fraction of sp³-hybridized carbons (Fsp3) is 0.182. The number of nitrogens with zero attached hydrogens (tertiary/aromatic N) is 1. The zero-order valence-electron chi connectivity index (χ0n) is 9.19. The summed E-state index contributed by atoms with van der Waals surface area (Å²) < 4.78 is 4.81. The van der Waals surface area contributed by atoms with Gasteiger partial charge in [0.25, 0.3) is 5.91 Å². The summed E-state index contributed by atoms with van der Waals surface area (Å²) in [5.74, 6) is -1.08. The molecule has 1 amide bonds. The molecular weight excluding hydrogens is 222 g/mol. The number of fused-ring (bicyclic) bond motifs is 1. The van der Waals surface area contributed by atoms with Crippen LogP contribution >= 0.6 is 0 Å². The summed E-state index contributed by atoms with van der Waals surface area (Å²) in [6.07, 6.45) is 0. The SMILES string of the molecule is CCOC(=O)c1nc2c(C(N)=O)cccc2[nH]1. The molecule has 0 saturated carbocycles. The number of ether oxygens (including phenoxy) is 1. The molecule has 0 unspecified atom stereocenters. The molecule has 1 aromatic heterocycles. The normalized spacial score (nSPS) is 10.4. The molecule has 2 aromatic rings. The number of nitrogens with one attached hydrogen (secondary N) is 1. The minimum absolute atomic E-state index is 0.0653. The summed E-state index contributed by atoms with van der Waals surface area (Å²) in [6, 6.07) is 4.92. The number of amides is 1. The Morgan fingerprint density at radius 1 is 1.47 bits per heavy atom. The van der Waals surface area contributed by atoms with Crippen molar-refractivity contribution >= 4 is 22.9 Å². The topological polar surface area (TPSA) is 98.1 Å². The number of carbonyl (C=O) groups is 2. The maximum atomic E-state index is 11.5. The van der Waals surface area contributed by atoms with Gasteiger partial charge in [-0.2, -0.15) is 0 Å². The first-order valence-electron chi connectivity index (χ1n) is 5.09. The van der Waals surface area contributed by atoms with Gasteiger partial charge in [-0.15, -0.1) is 0 Å². The lowest BCUT2D eigenvalue weighted by molar-refractivity contribution is 0.0513. The van der Waals surface area contributed by atoms with Crippen LogP contribution in [0.4, 0.5) is 0 Å². The molecule has 1 heterocycles. The Hall–Kier alpha value is -2.37. The van der Waals surface area contributed by atoms with E-state index in [4.69, 9.17) is 10.5 Å². The van der Waals surface area contributed by atoms with Crippen LogP contribution in [0.25, 0.3) is 11.0 Å². The maximum Gasteiger partial charge on any atom is 0.374 e. The molecule has 3 N–H and O–H groups in total. The number of para-hydroxylation sites is 1. The highest BCUT2D eigenvalue weighted by atomic mass is 16.5. The van der Waals surface area contributed by atoms with Crippen LogP contribution in [0, 0.1) is 0 Å². The van der Waals surface area contributed by atoms with E-state index in [1.807, 2.05) is 0 Å². The first-order chi connectivity index (χ1) is 8.13. The fourth-order valence-electron chi connectivity index (χ4n) is 1.53. The molecule has 0 atom stereocenters. The van der Waals surface area contributed by atoms with Crippen LogP contribution in [0.15, 0.2) is 18.2 Å². The fourth-order valence-corrected chi connectivity index (χ4v) is 1.53. The van der Waals surface area contributed by atoms with Gasteiger partial charge in [-0.1, -0.05) is 6.07 Å². The lowest BCUT2D eigenvalue weighted by Crippen LogP contribution is -2.11. The molecule has 88 valence electrons. The Morgan fingerprint density at radius 3 is 2.88 bits per heavy atom. The smallest absolute Gasteiger partial charge is 0.374 e. The molecule has 0 aliphatic rings. The second-order valence-electron chi connectivity index (χ2n) is 3.37. The second-order valence-corrected chi connectivity index (χ2v) is 3.37. The van der Waals surface area contributed by atoms with E-state index in [9.17, 15) is 9.59 Å². The van der Waals surface area contributed by atoms with Crippen molar-refractivity contribution in [3.8, 4) is 0 Å². The number of carbonyl (C=O) groups excluding carboxylic acids is 2. The van der Waals surface area contributed by atoms with Crippen LogP contribution in [0.3, 0.4) is 0 Å². The zero-order chi connectivity index (χ0) is 12.4. The van der Waals surface area contributed by atoms with Crippen LogP contribution in [0.2, 0.25) is 0 Å². The molecule has 17 heavy (non-hydrogen) atoms. The number of aromatic amines is 1. The number of nitrogens with two attached hydrogens (primary N) is 1. The number of hydrogen-bond donors (Lipinski definition) is 2. The van der Waals surface area contributed by atoms with E-state index < -0.39 is 11.9 Å². The quantitative estimate of drug-likeness (QED) is 0.767. The highest BCUT2D eigenvalue weighted by Gasteiger charge is 2.15. The van der Waals surface area contributed by atoms with E-state index in [1.165, 1.54) is 0 Å².